The van der Waals surface area contributed by atoms with Crippen molar-refractivity contribution in [1.29, 1.82) is 0 Å². The van der Waals surface area contributed by atoms with Crippen LogP contribution in [-0.4, -0.2) is 78.1 Å². The lowest BCUT2D eigenvalue weighted by Crippen LogP contribution is -2.44. The number of benzene rings is 2. The predicted molar refractivity (Wildman–Crippen MR) is 153 cm³/mol. The van der Waals surface area contributed by atoms with Gasteiger partial charge in [0.15, 0.2) is 5.82 Å². The van der Waals surface area contributed by atoms with Gasteiger partial charge in [-0.2, -0.15) is 13.2 Å². The third-order valence-electron chi connectivity index (χ3n) is 6.89. The number of aromatic nitrogens is 4. The number of alkyl halides is 3. The number of halogens is 3. The molecule has 5 rings (SSSR count). The van der Waals surface area contributed by atoms with Crippen molar-refractivity contribution in [3.05, 3.63) is 65.6 Å². The zero-order chi connectivity index (χ0) is 29.3. The quantitative estimate of drug-likeness (QED) is 0.348. The van der Waals surface area contributed by atoms with Gasteiger partial charge >= 0.3 is 6.18 Å². The molecule has 1 aliphatic heterocycles. The van der Waals surface area contributed by atoms with E-state index in [0.717, 1.165) is 30.8 Å². The van der Waals surface area contributed by atoms with Crippen LogP contribution < -0.4 is 20.4 Å². The van der Waals surface area contributed by atoms with Crippen LogP contribution in [0.3, 0.4) is 0 Å². The van der Waals surface area contributed by atoms with Crippen molar-refractivity contribution in [1.82, 2.24) is 24.8 Å². The largest absolute Gasteiger partial charge is 0.416 e. The molecule has 0 radical (unpaired) electrons. The first-order chi connectivity index (χ1) is 19.5. The van der Waals surface area contributed by atoms with Crippen molar-refractivity contribution in [2.45, 2.75) is 13.1 Å². The lowest BCUT2D eigenvalue weighted by Gasteiger charge is -2.34. The summed E-state index contributed by atoms with van der Waals surface area (Å²) in [5, 5.41) is 6.00. The minimum absolute atomic E-state index is 0.0708. The molecule has 3 heterocycles. The van der Waals surface area contributed by atoms with Crippen LogP contribution in [0.25, 0.3) is 11.0 Å². The maximum Gasteiger partial charge on any atom is 0.416 e. The number of nitrogens with one attached hydrogen (secondary N) is 2. The smallest absolute Gasteiger partial charge is 0.369 e. The van der Waals surface area contributed by atoms with Gasteiger partial charge in [-0.3, -0.25) is 4.79 Å². The highest BCUT2D eigenvalue weighted by molar-refractivity contribution is 6.05. The Balaban J connectivity index is 1.42. The van der Waals surface area contributed by atoms with Gasteiger partial charge in [-0.15, -0.1) is 0 Å². The lowest BCUT2D eigenvalue weighted by atomic mass is 10.1. The highest BCUT2D eigenvalue weighted by Gasteiger charge is 2.32. The second-order valence-electron chi connectivity index (χ2n) is 10.2. The summed E-state index contributed by atoms with van der Waals surface area (Å²) in [5.74, 6) is 0.295. The van der Waals surface area contributed by atoms with Gasteiger partial charge in [0.2, 0.25) is 5.95 Å². The monoisotopic (exact) mass is 565 g/mol. The molecule has 4 aromatic rings. The minimum Gasteiger partial charge on any atom is -0.369 e. The zero-order valence-electron chi connectivity index (χ0n) is 23.1. The number of hydrogen-bond acceptors (Lipinski definition) is 9. The number of carbonyl (C=O) groups is 1. The molecule has 10 nitrogen and oxygen atoms in total. The fourth-order valence-electron chi connectivity index (χ4n) is 4.47. The van der Waals surface area contributed by atoms with Crippen molar-refractivity contribution in [3.63, 3.8) is 0 Å². The fourth-order valence-corrected chi connectivity index (χ4v) is 4.47. The zero-order valence-corrected chi connectivity index (χ0v) is 23.1. The molecule has 1 aliphatic rings. The van der Waals surface area contributed by atoms with Gasteiger partial charge in [0.05, 0.1) is 11.8 Å². The number of hydrogen-bond donors (Lipinski definition) is 2. The van der Waals surface area contributed by atoms with E-state index in [-0.39, 0.29) is 5.56 Å². The second kappa shape index (κ2) is 11.2. The van der Waals surface area contributed by atoms with Crippen molar-refractivity contribution in [2.75, 3.05) is 67.8 Å². The summed E-state index contributed by atoms with van der Waals surface area (Å²) in [4.78, 5) is 36.4. The number of fused-ring (bicyclic) bond motifs is 1. The Morgan fingerprint density at radius 1 is 1.00 bits per heavy atom. The second-order valence-corrected chi connectivity index (χ2v) is 10.2. The Morgan fingerprint density at radius 3 is 2.46 bits per heavy atom. The molecule has 1 amide bonds. The van der Waals surface area contributed by atoms with Gasteiger partial charge in [-0.1, -0.05) is 6.07 Å². The van der Waals surface area contributed by atoms with Crippen molar-refractivity contribution in [3.8, 4) is 0 Å². The Bertz CT molecular complexity index is 1580. The first kappa shape index (κ1) is 28.0. The van der Waals surface area contributed by atoms with E-state index >= 15 is 0 Å². The van der Waals surface area contributed by atoms with Crippen LogP contribution in [0.2, 0.25) is 0 Å². The van der Waals surface area contributed by atoms with E-state index in [2.05, 4.69) is 35.5 Å². The van der Waals surface area contributed by atoms with E-state index < -0.39 is 17.6 Å². The SMILES string of the molecule is Cc1ccc(NC(=O)c2cc(N3CCN(C)CC3)cc(C(F)(F)F)c2)cc1Nc1ncnc2cnc(N(C)C)nc12. The molecular weight excluding hydrogens is 535 g/mol. The number of rotatable bonds is 6. The van der Waals surface area contributed by atoms with Gasteiger partial charge < -0.3 is 25.3 Å². The first-order valence-corrected chi connectivity index (χ1v) is 13.0. The molecule has 0 aliphatic carbocycles. The van der Waals surface area contributed by atoms with Crippen molar-refractivity contribution in [2.24, 2.45) is 0 Å². The van der Waals surface area contributed by atoms with E-state index in [1.807, 2.05) is 33.0 Å². The van der Waals surface area contributed by atoms with Crippen LogP contribution in [-0.2, 0) is 6.18 Å². The maximum absolute atomic E-state index is 13.8. The number of likely N-dealkylation sites (N-methyl/N-ethyl adjacent to an activating group) is 1. The van der Waals surface area contributed by atoms with Crippen LogP contribution in [0, 0.1) is 6.92 Å². The summed E-state index contributed by atoms with van der Waals surface area (Å²) in [7, 11) is 5.62. The number of anilines is 5. The van der Waals surface area contributed by atoms with Crippen LogP contribution in [0.1, 0.15) is 21.5 Å². The molecule has 214 valence electrons. The van der Waals surface area contributed by atoms with Crippen LogP contribution in [0.4, 0.5) is 42.0 Å². The molecule has 2 aromatic carbocycles. The number of nitrogens with zero attached hydrogens (tertiary/aromatic N) is 7. The third kappa shape index (κ3) is 6.30. The molecule has 2 aromatic heterocycles. The summed E-state index contributed by atoms with van der Waals surface area (Å²) in [6.07, 6.45) is -1.58. The molecular formula is C28H30F3N9O. The normalized spacial score (nSPS) is 14.3. The molecule has 1 saturated heterocycles. The molecule has 0 bridgehead atoms. The molecule has 41 heavy (non-hydrogen) atoms. The summed E-state index contributed by atoms with van der Waals surface area (Å²) in [6.45, 7) is 4.48. The Hall–Kier alpha value is -4.52. The molecule has 0 unspecified atom stereocenters. The summed E-state index contributed by atoms with van der Waals surface area (Å²) in [6, 6.07) is 8.69. The molecule has 0 saturated carbocycles. The molecule has 13 heteroatoms. The van der Waals surface area contributed by atoms with Gasteiger partial charge in [0.1, 0.15) is 17.4 Å². The minimum atomic E-state index is -4.59. The van der Waals surface area contributed by atoms with Crippen LogP contribution >= 0.6 is 0 Å². The van der Waals surface area contributed by atoms with Crippen molar-refractivity contribution >= 4 is 45.8 Å². The first-order valence-electron chi connectivity index (χ1n) is 13.0. The molecule has 2 N–H and O–H groups in total. The molecule has 1 fully saturated rings. The number of carbonyl (C=O) groups excluding carboxylic acids is 1. The van der Waals surface area contributed by atoms with Crippen LogP contribution in [0.15, 0.2) is 48.9 Å². The summed E-state index contributed by atoms with van der Waals surface area (Å²) >= 11 is 0. The van der Waals surface area contributed by atoms with E-state index in [0.29, 0.717) is 53.0 Å². The van der Waals surface area contributed by atoms with Gasteiger partial charge in [0, 0.05) is 62.9 Å². The maximum atomic E-state index is 13.8. The third-order valence-corrected chi connectivity index (χ3v) is 6.89. The highest BCUT2D eigenvalue weighted by atomic mass is 19.4. The Morgan fingerprint density at radius 2 is 1.76 bits per heavy atom. The van der Waals surface area contributed by atoms with E-state index in [1.54, 1.807) is 29.3 Å². The van der Waals surface area contributed by atoms with Gasteiger partial charge in [-0.05, 0) is 49.9 Å². The van der Waals surface area contributed by atoms with E-state index in [4.69, 9.17) is 0 Å². The fraction of sp³-hybridized carbons (Fsp3) is 0.321. The topological polar surface area (TPSA) is 102 Å². The number of piperazine rings is 1. The molecule has 0 spiro atoms. The number of aryl methyl sites for hydroxylation is 1. The predicted octanol–water partition coefficient (Wildman–Crippen LogP) is 4.56. The van der Waals surface area contributed by atoms with Gasteiger partial charge in [0.25, 0.3) is 5.91 Å². The van der Waals surface area contributed by atoms with E-state index in [1.165, 1.54) is 12.4 Å². The summed E-state index contributed by atoms with van der Waals surface area (Å²) in [5.41, 5.74) is 2.40. The average Bonchev–Trinajstić information content (AvgIpc) is 2.94. The number of amides is 1. The summed E-state index contributed by atoms with van der Waals surface area (Å²) < 4.78 is 41.3. The average molecular weight is 566 g/mol. The standard InChI is InChI=1S/C28H30F3N9O/c1-17-5-6-20(14-22(17)36-25-24-23(33-16-34-25)15-32-27(37-24)38(2)3)35-26(41)18-11-19(28(29,30)31)13-21(12-18)40-9-7-39(4)8-10-40/h5-6,11-16H,7-10H2,1-4H3,(H,35,41)(H,33,34,36). The van der Waals surface area contributed by atoms with Gasteiger partial charge in [-0.25, -0.2) is 19.9 Å². The lowest BCUT2D eigenvalue weighted by molar-refractivity contribution is -0.137. The highest BCUT2D eigenvalue weighted by Crippen LogP contribution is 2.34. The van der Waals surface area contributed by atoms with E-state index in [9.17, 15) is 18.0 Å². The van der Waals surface area contributed by atoms with Crippen molar-refractivity contribution < 1.29 is 18.0 Å². The Labute approximate surface area is 235 Å². The van der Waals surface area contributed by atoms with Crippen LogP contribution in [0.5, 0.6) is 0 Å². The Kier molecular flexibility index (Phi) is 7.63. The molecule has 0 atom stereocenters.